The van der Waals surface area contributed by atoms with E-state index in [0.29, 0.717) is 16.8 Å². The van der Waals surface area contributed by atoms with Gasteiger partial charge in [0.25, 0.3) is 11.8 Å². The van der Waals surface area contributed by atoms with Crippen LogP contribution in [0.1, 0.15) is 21.5 Å². The number of carbonyl (C=O) groups excluding carboxylic acids is 1. The Labute approximate surface area is 207 Å². The van der Waals surface area contributed by atoms with E-state index in [1.165, 1.54) is 34.8 Å². The third kappa shape index (κ3) is 4.52. The number of carbonyl (C=O) groups is 2. The van der Waals surface area contributed by atoms with Crippen molar-refractivity contribution in [1.82, 2.24) is 29.7 Å². The number of alkyl halides is 3. The average Bonchev–Trinajstić information content (AvgIpc) is 3.36. The molecule has 2 fully saturated rings. The molecule has 0 bridgehead atoms. The minimum atomic E-state index is -2.76. The summed E-state index contributed by atoms with van der Waals surface area (Å²) in [5.74, 6) is -4.13. The van der Waals surface area contributed by atoms with Crippen molar-refractivity contribution in [2.45, 2.75) is 31.6 Å². The van der Waals surface area contributed by atoms with E-state index in [9.17, 15) is 27.2 Å². The first-order chi connectivity index (χ1) is 17.4. The number of halogens is 4. The molecule has 2 aliphatic rings. The van der Waals surface area contributed by atoms with Gasteiger partial charge in [-0.2, -0.15) is 5.10 Å². The topological polar surface area (TPSA) is 129 Å². The highest BCUT2D eigenvalue weighted by Gasteiger charge is 2.44. The molecule has 2 aromatic heterocycles. The molecule has 196 valence electrons. The molecule has 2 saturated heterocycles. The van der Waals surface area contributed by atoms with Crippen LogP contribution in [0.5, 0.6) is 0 Å². The second-order valence-corrected chi connectivity index (χ2v) is 9.38. The molecular weight excluding hydrogens is 498 g/mol. The fourth-order valence-corrected chi connectivity index (χ4v) is 4.80. The number of likely N-dealkylation sites (tertiary alicyclic amines) is 2. The Balaban J connectivity index is 1.49. The van der Waals surface area contributed by atoms with Gasteiger partial charge in [0.15, 0.2) is 5.82 Å². The number of amides is 2. The lowest BCUT2D eigenvalue weighted by atomic mass is 10.0. The maximum atomic E-state index is 15.0. The summed E-state index contributed by atoms with van der Waals surface area (Å²) in [6.45, 7) is 0.0984. The van der Waals surface area contributed by atoms with E-state index in [1.807, 2.05) is 0 Å². The maximum absolute atomic E-state index is 15.0. The molecule has 4 heterocycles. The Hall–Kier alpha value is -3.94. The summed E-state index contributed by atoms with van der Waals surface area (Å²) in [7, 11) is 0. The molecule has 5 rings (SSSR count). The summed E-state index contributed by atoms with van der Waals surface area (Å²) in [5, 5.41) is 15.7. The van der Waals surface area contributed by atoms with Crippen molar-refractivity contribution in [1.29, 1.82) is 0 Å². The molecule has 3 aromatic rings. The summed E-state index contributed by atoms with van der Waals surface area (Å²) < 4.78 is 57.4. The van der Waals surface area contributed by atoms with Crippen LogP contribution in [0.4, 0.5) is 28.2 Å². The van der Waals surface area contributed by atoms with Crippen LogP contribution >= 0.6 is 0 Å². The van der Waals surface area contributed by atoms with Gasteiger partial charge in [-0.15, -0.1) is 0 Å². The summed E-state index contributed by atoms with van der Waals surface area (Å²) in [6.07, 6.45) is -1.72. The quantitative estimate of drug-likeness (QED) is 0.440. The number of hydrogen-bond acceptors (Lipinski definition) is 6. The van der Waals surface area contributed by atoms with Crippen LogP contribution in [0.15, 0.2) is 24.5 Å². The average molecular weight is 521 g/mol. The maximum Gasteiger partial charge on any atom is 0.407 e. The van der Waals surface area contributed by atoms with Crippen molar-refractivity contribution in [2.75, 3.05) is 31.9 Å². The number of nitrogen functional groups attached to an aromatic ring is 1. The number of fused-ring (bicyclic) bond motifs is 1. The lowest BCUT2D eigenvalue weighted by molar-refractivity contribution is -0.133. The third-order valence-corrected chi connectivity index (χ3v) is 6.69. The van der Waals surface area contributed by atoms with E-state index in [1.54, 1.807) is 6.07 Å². The Morgan fingerprint density at radius 3 is 2.62 bits per heavy atom. The summed E-state index contributed by atoms with van der Waals surface area (Å²) in [4.78, 5) is 30.5. The number of nitrogens with one attached hydrogen (secondary N) is 1. The lowest BCUT2D eigenvalue weighted by Gasteiger charge is -2.38. The number of aromatic nitrogens is 3. The van der Waals surface area contributed by atoms with E-state index in [-0.39, 0.29) is 42.1 Å². The number of carboxylic acid groups (broad SMARTS) is 1. The molecule has 0 saturated carbocycles. The van der Waals surface area contributed by atoms with Crippen LogP contribution in [-0.4, -0.2) is 85.8 Å². The van der Waals surface area contributed by atoms with E-state index < -0.39 is 49.0 Å². The van der Waals surface area contributed by atoms with Gasteiger partial charge in [-0.25, -0.2) is 31.9 Å². The molecule has 1 aromatic carbocycles. The van der Waals surface area contributed by atoms with Gasteiger partial charge in [0.1, 0.15) is 23.8 Å². The second-order valence-electron chi connectivity index (χ2n) is 9.38. The van der Waals surface area contributed by atoms with Gasteiger partial charge < -0.3 is 21.1 Å². The van der Waals surface area contributed by atoms with Crippen LogP contribution in [0.25, 0.3) is 16.8 Å². The summed E-state index contributed by atoms with van der Waals surface area (Å²) in [6, 6.07) is 3.15. The first-order valence-corrected chi connectivity index (χ1v) is 11.4. The molecule has 10 nitrogen and oxygen atoms in total. The molecule has 2 aliphatic heterocycles. The predicted molar refractivity (Wildman–Crippen MR) is 124 cm³/mol. The molecule has 14 heteroatoms. The smallest absolute Gasteiger partial charge is 0.407 e. The van der Waals surface area contributed by atoms with Crippen LogP contribution in [-0.2, 0) is 6.54 Å². The van der Waals surface area contributed by atoms with E-state index >= 15 is 0 Å². The Morgan fingerprint density at radius 1 is 1.24 bits per heavy atom. The Bertz CT molecular complexity index is 1400. The fraction of sp³-hybridized carbons (Fsp3) is 0.391. The van der Waals surface area contributed by atoms with Gasteiger partial charge in [0.2, 0.25) is 0 Å². The van der Waals surface area contributed by atoms with Crippen LogP contribution < -0.4 is 11.1 Å². The van der Waals surface area contributed by atoms with E-state index in [4.69, 9.17) is 10.8 Å². The number of nitrogens with zero attached hydrogens (tertiary/aromatic N) is 5. The van der Waals surface area contributed by atoms with Crippen molar-refractivity contribution in [3.05, 3.63) is 47.0 Å². The van der Waals surface area contributed by atoms with Crippen molar-refractivity contribution >= 4 is 23.3 Å². The van der Waals surface area contributed by atoms with Gasteiger partial charge in [-0.05, 0) is 36.2 Å². The van der Waals surface area contributed by atoms with Crippen LogP contribution in [0.3, 0.4) is 0 Å². The van der Waals surface area contributed by atoms with Gasteiger partial charge in [0, 0.05) is 24.2 Å². The number of nitrogens with two attached hydrogens (primary N) is 1. The van der Waals surface area contributed by atoms with Crippen molar-refractivity contribution in [3.8, 4) is 11.3 Å². The normalized spacial score (nSPS) is 21.3. The molecule has 2 atom stereocenters. The zero-order valence-corrected chi connectivity index (χ0v) is 19.6. The van der Waals surface area contributed by atoms with Crippen molar-refractivity contribution in [3.63, 3.8) is 0 Å². The van der Waals surface area contributed by atoms with Crippen molar-refractivity contribution in [2.24, 2.45) is 0 Å². The Kier molecular flexibility index (Phi) is 5.93. The molecule has 37 heavy (non-hydrogen) atoms. The minimum absolute atomic E-state index is 0.0165. The number of rotatable bonds is 5. The van der Waals surface area contributed by atoms with Gasteiger partial charge in [0.05, 0.1) is 31.4 Å². The lowest BCUT2D eigenvalue weighted by Crippen LogP contribution is -2.55. The molecule has 4 N–H and O–H groups in total. The number of benzene rings is 1. The van der Waals surface area contributed by atoms with Crippen molar-refractivity contribution < 1.29 is 32.3 Å². The fourth-order valence-electron chi connectivity index (χ4n) is 4.80. The molecular formula is C23H23F4N7O3. The molecule has 2 amide bonds. The molecule has 0 unspecified atom stereocenters. The summed E-state index contributed by atoms with van der Waals surface area (Å²) in [5.41, 5.74) is 7.51. The molecule has 0 spiro atoms. The van der Waals surface area contributed by atoms with Gasteiger partial charge in [-0.3, -0.25) is 9.69 Å². The van der Waals surface area contributed by atoms with E-state index in [2.05, 4.69) is 15.4 Å². The summed E-state index contributed by atoms with van der Waals surface area (Å²) >= 11 is 0. The SMILES string of the molecule is Cc1c(F)cc(-c2cc(CN3CC(F)(F)C3)c3c(N)ncnn23)cc1C(=O)N[C@@H]1CN(C(=O)O)C[C@@H]1F. The third-order valence-electron chi connectivity index (χ3n) is 6.69. The zero-order chi connectivity index (χ0) is 26.6. The monoisotopic (exact) mass is 521 g/mol. The largest absolute Gasteiger partial charge is 0.465 e. The highest BCUT2D eigenvalue weighted by Crippen LogP contribution is 2.34. The van der Waals surface area contributed by atoms with E-state index in [0.717, 1.165) is 4.90 Å². The van der Waals surface area contributed by atoms with Crippen LogP contribution in [0, 0.1) is 12.7 Å². The highest BCUT2D eigenvalue weighted by molar-refractivity contribution is 5.97. The number of anilines is 1. The zero-order valence-electron chi connectivity index (χ0n) is 19.6. The Morgan fingerprint density at radius 2 is 1.97 bits per heavy atom. The standard InChI is InChI=1S/C23H23F4N7O3/c1-11-14(21(35)31-17-7-33(22(36)37)6-16(17)25)2-12(3-15(11)24)18-4-13(5-32-8-23(26,27)9-32)19-20(28)29-10-30-34(18)19/h2-4,10,16-17H,5-9H2,1H3,(H,31,35)(H,36,37)(H2,28,29,30)/t16-,17+/m0/s1. The predicted octanol–water partition coefficient (Wildman–Crippen LogP) is 2.31. The first kappa shape index (κ1) is 24.7. The minimum Gasteiger partial charge on any atom is -0.465 e. The first-order valence-electron chi connectivity index (χ1n) is 11.4. The van der Waals surface area contributed by atoms with Crippen LogP contribution in [0.2, 0.25) is 0 Å². The van der Waals surface area contributed by atoms with Gasteiger partial charge in [-0.1, -0.05) is 0 Å². The van der Waals surface area contributed by atoms with Gasteiger partial charge >= 0.3 is 6.09 Å². The second kappa shape index (κ2) is 8.87. The molecule has 0 radical (unpaired) electrons. The highest BCUT2D eigenvalue weighted by atomic mass is 19.3. The number of hydrogen-bond donors (Lipinski definition) is 3. The molecule has 0 aliphatic carbocycles.